The molecule has 1 atom stereocenters. The van der Waals surface area contributed by atoms with Gasteiger partial charge in [-0.2, -0.15) is 5.26 Å². The first-order valence-corrected chi connectivity index (χ1v) is 6.14. The molecular weight excluding hydrogens is 282 g/mol. The van der Waals surface area contributed by atoms with Crippen LogP contribution in [0.4, 0.5) is 0 Å². The first-order valence-electron chi connectivity index (χ1n) is 5.22. The number of benzene rings is 1. The highest BCUT2D eigenvalue weighted by Gasteiger charge is 2.14. The number of hydrogen-bond acceptors (Lipinski definition) is 4. The summed E-state index contributed by atoms with van der Waals surface area (Å²) < 4.78 is 5.54. The smallest absolute Gasteiger partial charge is 0.247 e. The van der Waals surface area contributed by atoms with E-state index in [-0.39, 0.29) is 4.83 Å². The molecule has 17 heavy (non-hydrogen) atoms. The minimum absolute atomic E-state index is 0.0721. The Labute approximate surface area is 107 Å². The molecule has 5 heteroatoms. The molecule has 0 aliphatic rings. The van der Waals surface area contributed by atoms with Crippen LogP contribution in [-0.4, -0.2) is 10.2 Å². The molecule has 2 aromatic rings. The van der Waals surface area contributed by atoms with E-state index in [9.17, 15) is 0 Å². The van der Waals surface area contributed by atoms with Gasteiger partial charge >= 0.3 is 0 Å². The Morgan fingerprint density at radius 2 is 2.29 bits per heavy atom. The average Bonchev–Trinajstić information content (AvgIpc) is 2.87. The quantitative estimate of drug-likeness (QED) is 0.813. The summed E-state index contributed by atoms with van der Waals surface area (Å²) in [5.41, 5.74) is 1.34. The second-order valence-corrected chi connectivity index (χ2v) is 4.62. The lowest BCUT2D eigenvalue weighted by molar-refractivity contribution is 0.500. The molecule has 86 valence electrons. The number of hydrogen-bond donors (Lipinski definition) is 0. The predicted octanol–water partition coefficient (Wildman–Crippen LogP) is 3.45. The monoisotopic (exact) mass is 291 g/mol. The molecule has 1 unspecified atom stereocenters. The molecule has 1 aromatic carbocycles. The van der Waals surface area contributed by atoms with Gasteiger partial charge in [0.25, 0.3) is 0 Å². The summed E-state index contributed by atoms with van der Waals surface area (Å²) in [5, 5.41) is 16.8. The molecule has 1 heterocycles. The summed E-state index contributed by atoms with van der Waals surface area (Å²) in [6.45, 7) is 2.03. The van der Waals surface area contributed by atoms with Gasteiger partial charge in [-0.25, -0.2) is 0 Å². The van der Waals surface area contributed by atoms with E-state index in [1.165, 1.54) is 0 Å². The van der Waals surface area contributed by atoms with Crippen molar-refractivity contribution in [2.45, 2.75) is 18.2 Å². The van der Waals surface area contributed by atoms with E-state index < -0.39 is 0 Å². The van der Waals surface area contributed by atoms with Gasteiger partial charge in [-0.1, -0.05) is 28.9 Å². The fourth-order valence-corrected chi connectivity index (χ4v) is 1.56. The highest BCUT2D eigenvalue weighted by Crippen LogP contribution is 2.27. The van der Waals surface area contributed by atoms with Crippen LogP contribution in [-0.2, 0) is 0 Å². The van der Waals surface area contributed by atoms with Crippen molar-refractivity contribution in [1.29, 1.82) is 5.26 Å². The lowest BCUT2D eigenvalue weighted by Gasteiger charge is -1.98. The Bertz CT molecular complexity index is 559. The summed E-state index contributed by atoms with van der Waals surface area (Å²) in [6, 6.07) is 9.18. The number of alkyl halides is 1. The van der Waals surface area contributed by atoms with E-state index in [1.807, 2.05) is 13.0 Å². The van der Waals surface area contributed by atoms with Gasteiger partial charge in [-0.15, -0.1) is 10.2 Å². The van der Waals surface area contributed by atoms with Crippen LogP contribution in [0.2, 0.25) is 0 Å². The number of halogens is 1. The molecule has 0 aliphatic heterocycles. The van der Waals surface area contributed by atoms with E-state index in [0.717, 1.165) is 12.0 Å². The molecular formula is C12H10BrN3O. The molecule has 0 amide bonds. The van der Waals surface area contributed by atoms with E-state index in [2.05, 4.69) is 32.2 Å². The van der Waals surface area contributed by atoms with Crippen LogP contribution in [0.3, 0.4) is 0 Å². The Morgan fingerprint density at radius 1 is 1.47 bits per heavy atom. The molecule has 0 fully saturated rings. The van der Waals surface area contributed by atoms with Crippen LogP contribution in [0, 0.1) is 11.3 Å². The van der Waals surface area contributed by atoms with E-state index in [0.29, 0.717) is 17.3 Å². The zero-order valence-electron chi connectivity index (χ0n) is 9.22. The first-order chi connectivity index (χ1) is 8.24. The Balaban J connectivity index is 2.34. The number of nitriles is 1. The largest absolute Gasteiger partial charge is 0.419 e. The third-order valence-corrected chi connectivity index (χ3v) is 3.34. The number of aromatic nitrogens is 2. The van der Waals surface area contributed by atoms with Crippen LogP contribution in [0.15, 0.2) is 28.7 Å². The van der Waals surface area contributed by atoms with Crippen molar-refractivity contribution >= 4 is 15.9 Å². The second kappa shape index (κ2) is 5.11. The topological polar surface area (TPSA) is 62.7 Å². The van der Waals surface area contributed by atoms with Crippen molar-refractivity contribution < 1.29 is 4.42 Å². The average molecular weight is 292 g/mol. The third kappa shape index (κ3) is 2.53. The van der Waals surface area contributed by atoms with Gasteiger partial charge in [0.05, 0.1) is 16.5 Å². The van der Waals surface area contributed by atoms with Gasteiger partial charge < -0.3 is 4.42 Å². The first kappa shape index (κ1) is 11.8. The van der Waals surface area contributed by atoms with Gasteiger partial charge in [0, 0.05) is 5.56 Å². The molecule has 0 aliphatic carbocycles. The fraction of sp³-hybridized carbons (Fsp3) is 0.250. The van der Waals surface area contributed by atoms with Crippen molar-refractivity contribution in [2.75, 3.05) is 0 Å². The zero-order chi connectivity index (χ0) is 12.3. The molecule has 4 nitrogen and oxygen atoms in total. The van der Waals surface area contributed by atoms with Gasteiger partial charge in [0.1, 0.15) is 0 Å². The lowest BCUT2D eigenvalue weighted by Crippen LogP contribution is -1.86. The van der Waals surface area contributed by atoms with Gasteiger partial charge in [0.15, 0.2) is 0 Å². The molecule has 0 saturated heterocycles. The van der Waals surface area contributed by atoms with Crippen molar-refractivity contribution in [1.82, 2.24) is 10.2 Å². The molecule has 2 rings (SSSR count). The van der Waals surface area contributed by atoms with E-state index in [1.54, 1.807) is 18.2 Å². The zero-order valence-corrected chi connectivity index (χ0v) is 10.8. The van der Waals surface area contributed by atoms with Crippen LogP contribution in [0.1, 0.15) is 29.6 Å². The predicted molar refractivity (Wildman–Crippen MR) is 66.4 cm³/mol. The van der Waals surface area contributed by atoms with Gasteiger partial charge in [0.2, 0.25) is 11.8 Å². The SMILES string of the molecule is CCC(Br)c1nnc(-c2cccc(C#N)c2)o1. The molecule has 0 saturated carbocycles. The summed E-state index contributed by atoms with van der Waals surface area (Å²) in [5.74, 6) is 1.000. The van der Waals surface area contributed by atoms with E-state index >= 15 is 0 Å². The molecule has 0 N–H and O–H groups in total. The van der Waals surface area contributed by atoms with Crippen molar-refractivity contribution in [3.63, 3.8) is 0 Å². The molecule has 0 radical (unpaired) electrons. The maximum Gasteiger partial charge on any atom is 0.247 e. The highest BCUT2D eigenvalue weighted by atomic mass is 79.9. The Hall–Kier alpha value is -1.67. The molecule has 0 spiro atoms. The van der Waals surface area contributed by atoms with Crippen molar-refractivity contribution in [2.24, 2.45) is 0 Å². The maximum absolute atomic E-state index is 8.82. The lowest BCUT2D eigenvalue weighted by atomic mass is 10.1. The van der Waals surface area contributed by atoms with E-state index in [4.69, 9.17) is 9.68 Å². The van der Waals surface area contributed by atoms with Crippen molar-refractivity contribution in [3.05, 3.63) is 35.7 Å². The summed E-state index contributed by atoms with van der Waals surface area (Å²) in [4.78, 5) is 0.0721. The highest BCUT2D eigenvalue weighted by molar-refractivity contribution is 9.09. The van der Waals surface area contributed by atoms with Gasteiger partial charge in [-0.3, -0.25) is 0 Å². The van der Waals surface area contributed by atoms with Crippen LogP contribution in [0.5, 0.6) is 0 Å². The summed E-state index contributed by atoms with van der Waals surface area (Å²) in [7, 11) is 0. The second-order valence-electron chi connectivity index (χ2n) is 3.51. The Morgan fingerprint density at radius 3 is 3.00 bits per heavy atom. The minimum Gasteiger partial charge on any atom is -0.419 e. The standard InChI is InChI=1S/C12H10BrN3O/c1-2-10(13)12-16-15-11(17-12)9-5-3-4-8(6-9)7-14/h3-6,10H,2H2,1H3. The normalized spacial score (nSPS) is 12.1. The third-order valence-electron chi connectivity index (χ3n) is 2.31. The van der Waals surface area contributed by atoms with Gasteiger partial charge in [-0.05, 0) is 24.6 Å². The van der Waals surface area contributed by atoms with Crippen LogP contribution < -0.4 is 0 Å². The number of rotatable bonds is 3. The van der Waals surface area contributed by atoms with Crippen molar-refractivity contribution in [3.8, 4) is 17.5 Å². The van der Waals surface area contributed by atoms with Crippen LogP contribution >= 0.6 is 15.9 Å². The van der Waals surface area contributed by atoms with Crippen LogP contribution in [0.25, 0.3) is 11.5 Å². The summed E-state index contributed by atoms with van der Waals surface area (Å²) in [6.07, 6.45) is 0.875. The maximum atomic E-state index is 8.82. The molecule has 0 bridgehead atoms. The Kier molecular flexibility index (Phi) is 3.55. The minimum atomic E-state index is 0.0721. The number of nitrogens with zero attached hydrogens (tertiary/aromatic N) is 3. The fourth-order valence-electron chi connectivity index (χ4n) is 1.37. The molecule has 1 aromatic heterocycles. The summed E-state index contributed by atoms with van der Waals surface area (Å²) >= 11 is 3.45.